The number of rotatable bonds is 2. The van der Waals surface area contributed by atoms with Crippen molar-refractivity contribution in [3.63, 3.8) is 0 Å². The lowest BCUT2D eigenvalue weighted by Gasteiger charge is -2.35. The average molecular weight is 468 g/mol. The first-order valence-corrected chi connectivity index (χ1v) is 10.9. The fourth-order valence-electron chi connectivity index (χ4n) is 5.09. The zero-order chi connectivity index (χ0) is 22.9. The molecule has 1 fully saturated rings. The second-order valence-corrected chi connectivity index (χ2v) is 8.97. The minimum absolute atomic E-state index is 0.0211. The van der Waals surface area contributed by atoms with Gasteiger partial charge in [0.2, 0.25) is 5.91 Å². The molecular formula is C23H19ClFN5O3. The summed E-state index contributed by atoms with van der Waals surface area (Å²) >= 11 is 5.99. The molecule has 10 heteroatoms. The topological polar surface area (TPSA) is 102 Å². The molecule has 0 bridgehead atoms. The molecular weight excluding hydrogens is 449 g/mol. The van der Waals surface area contributed by atoms with Crippen LogP contribution in [0.4, 0.5) is 20.7 Å². The Morgan fingerprint density at radius 1 is 1.30 bits per heavy atom. The van der Waals surface area contributed by atoms with E-state index in [2.05, 4.69) is 10.4 Å². The highest BCUT2D eigenvalue weighted by atomic mass is 35.5. The van der Waals surface area contributed by atoms with Crippen molar-refractivity contribution in [3.8, 4) is 11.3 Å². The third-order valence-corrected chi connectivity index (χ3v) is 6.97. The normalized spacial score (nSPS) is 20.3. The van der Waals surface area contributed by atoms with Crippen LogP contribution in [0.3, 0.4) is 0 Å². The van der Waals surface area contributed by atoms with Crippen molar-refractivity contribution in [3.05, 3.63) is 63.9 Å². The molecule has 3 aliphatic rings. The van der Waals surface area contributed by atoms with Crippen LogP contribution in [-0.4, -0.2) is 39.8 Å². The van der Waals surface area contributed by atoms with Crippen molar-refractivity contribution < 1.29 is 18.7 Å². The lowest BCUT2D eigenvalue weighted by atomic mass is 9.89. The van der Waals surface area contributed by atoms with Crippen molar-refractivity contribution in [1.29, 1.82) is 0 Å². The molecule has 2 aliphatic heterocycles. The molecule has 168 valence electrons. The van der Waals surface area contributed by atoms with Crippen LogP contribution < -0.4 is 11.1 Å². The molecule has 1 aliphatic carbocycles. The van der Waals surface area contributed by atoms with Gasteiger partial charge in [0.05, 0.1) is 28.5 Å². The minimum atomic E-state index is -1.29. The lowest BCUT2D eigenvalue weighted by molar-refractivity contribution is -0.132. The van der Waals surface area contributed by atoms with E-state index >= 15 is 0 Å². The van der Waals surface area contributed by atoms with E-state index in [1.807, 2.05) is 24.3 Å². The Kier molecular flexibility index (Phi) is 4.22. The Hall–Kier alpha value is -3.59. The van der Waals surface area contributed by atoms with Gasteiger partial charge in [0, 0.05) is 30.5 Å². The Bertz CT molecular complexity index is 1360. The molecule has 1 saturated heterocycles. The number of hydrogen-bond acceptors (Lipinski definition) is 5. The maximum atomic E-state index is 15.0. The number of nitrogens with two attached hydrogens (primary N) is 1. The summed E-state index contributed by atoms with van der Waals surface area (Å²) in [6, 6.07) is 10.9. The second-order valence-electron chi connectivity index (χ2n) is 8.56. The molecule has 1 spiro atoms. The van der Waals surface area contributed by atoms with Gasteiger partial charge < -0.3 is 15.4 Å². The van der Waals surface area contributed by atoms with Gasteiger partial charge >= 0.3 is 6.09 Å². The number of nitrogen functional groups attached to an aromatic ring is 1. The summed E-state index contributed by atoms with van der Waals surface area (Å²) in [4.78, 5) is 26.8. The van der Waals surface area contributed by atoms with Crippen LogP contribution in [0, 0.1) is 5.82 Å². The number of hydrogen-bond donors (Lipinski definition) is 2. The number of amides is 2. The van der Waals surface area contributed by atoms with Gasteiger partial charge in [0.25, 0.3) is 0 Å². The molecule has 6 rings (SSSR count). The van der Waals surface area contributed by atoms with Crippen molar-refractivity contribution in [2.24, 2.45) is 0 Å². The third-order valence-electron chi connectivity index (χ3n) is 6.68. The van der Waals surface area contributed by atoms with Crippen molar-refractivity contribution in [2.45, 2.75) is 25.0 Å². The number of likely N-dealkylation sites (tertiary alicyclic amines) is 1. The van der Waals surface area contributed by atoms with E-state index < -0.39 is 17.5 Å². The number of nitrogens with one attached hydrogen (secondary N) is 1. The van der Waals surface area contributed by atoms with Gasteiger partial charge in [-0.05, 0) is 17.7 Å². The van der Waals surface area contributed by atoms with Gasteiger partial charge in [-0.3, -0.25) is 10.1 Å². The number of benzene rings is 2. The van der Waals surface area contributed by atoms with Crippen molar-refractivity contribution in [1.82, 2.24) is 14.7 Å². The fraction of sp³-hybridized carbons (Fsp3) is 0.261. The van der Waals surface area contributed by atoms with E-state index in [0.717, 1.165) is 22.4 Å². The quantitative estimate of drug-likeness (QED) is 0.469. The van der Waals surface area contributed by atoms with Gasteiger partial charge in [-0.2, -0.15) is 5.10 Å². The van der Waals surface area contributed by atoms with E-state index in [0.29, 0.717) is 24.5 Å². The standard InChI is InChI=1S/C23H19ClFN5O3/c24-15-5-6-16-18(19(15)25)23(33-22(32)27-16)7-8-29(11-23)17(31)10-30-21(26)14-9-12-3-1-2-4-13(12)20(14)28-30/h1-6H,7-11,26H2,(H,27,32)/t23-/m0/s1. The molecule has 1 aromatic heterocycles. The Morgan fingerprint density at radius 2 is 2.12 bits per heavy atom. The Balaban J connectivity index is 1.27. The minimum Gasteiger partial charge on any atom is -0.436 e. The van der Waals surface area contributed by atoms with E-state index in [1.54, 1.807) is 4.90 Å². The maximum absolute atomic E-state index is 15.0. The van der Waals surface area contributed by atoms with E-state index in [9.17, 15) is 14.0 Å². The predicted molar refractivity (Wildman–Crippen MR) is 119 cm³/mol. The summed E-state index contributed by atoms with van der Waals surface area (Å²) in [5, 5.41) is 7.03. The molecule has 2 amide bonds. The number of aromatic nitrogens is 2. The zero-order valence-electron chi connectivity index (χ0n) is 17.4. The number of carbonyl (C=O) groups is 2. The third kappa shape index (κ3) is 2.92. The number of fused-ring (bicyclic) bond motifs is 5. The van der Waals surface area contributed by atoms with E-state index in [4.69, 9.17) is 22.1 Å². The van der Waals surface area contributed by atoms with Gasteiger partial charge in [-0.1, -0.05) is 35.9 Å². The van der Waals surface area contributed by atoms with Gasteiger partial charge in [-0.15, -0.1) is 0 Å². The van der Waals surface area contributed by atoms with Crippen LogP contribution in [0.15, 0.2) is 36.4 Å². The first kappa shape index (κ1) is 20.0. The molecule has 3 N–H and O–H groups in total. The Labute approximate surface area is 193 Å². The molecule has 8 nitrogen and oxygen atoms in total. The molecule has 1 atom stereocenters. The van der Waals surface area contributed by atoms with Crippen LogP contribution >= 0.6 is 11.6 Å². The molecule has 0 radical (unpaired) electrons. The molecule has 0 unspecified atom stereocenters. The summed E-state index contributed by atoms with van der Waals surface area (Å²) in [6.07, 6.45) is 0.248. The maximum Gasteiger partial charge on any atom is 0.412 e. The van der Waals surface area contributed by atoms with Crippen LogP contribution in [0.1, 0.15) is 23.1 Å². The molecule has 0 saturated carbocycles. The van der Waals surface area contributed by atoms with Crippen molar-refractivity contribution in [2.75, 3.05) is 24.1 Å². The second kappa shape index (κ2) is 6.95. The van der Waals surface area contributed by atoms with E-state index in [1.165, 1.54) is 16.8 Å². The molecule has 2 aromatic carbocycles. The first-order chi connectivity index (χ1) is 15.9. The fourth-order valence-corrected chi connectivity index (χ4v) is 5.25. The molecule has 3 heterocycles. The average Bonchev–Trinajstić information content (AvgIpc) is 3.45. The zero-order valence-corrected chi connectivity index (χ0v) is 18.2. The Morgan fingerprint density at radius 3 is 2.97 bits per heavy atom. The van der Waals surface area contributed by atoms with Gasteiger partial charge in [0.1, 0.15) is 12.4 Å². The monoisotopic (exact) mass is 467 g/mol. The highest BCUT2D eigenvalue weighted by Crippen LogP contribution is 2.45. The van der Waals surface area contributed by atoms with Gasteiger partial charge in [-0.25, -0.2) is 13.9 Å². The smallest absolute Gasteiger partial charge is 0.412 e. The van der Waals surface area contributed by atoms with Crippen LogP contribution in [-0.2, 0) is 28.1 Å². The van der Waals surface area contributed by atoms with Crippen LogP contribution in [0.25, 0.3) is 11.3 Å². The first-order valence-electron chi connectivity index (χ1n) is 10.6. The summed E-state index contributed by atoms with van der Waals surface area (Å²) in [7, 11) is 0. The number of ether oxygens (including phenoxy) is 1. The number of nitrogens with zero attached hydrogens (tertiary/aromatic N) is 3. The summed E-state index contributed by atoms with van der Waals surface area (Å²) in [6.45, 7) is 0.253. The largest absolute Gasteiger partial charge is 0.436 e. The van der Waals surface area contributed by atoms with Gasteiger partial charge in [0.15, 0.2) is 11.4 Å². The SMILES string of the molecule is Nc1c2c(nn1CC(=O)N1CC[C@@]3(C1)OC(=O)Nc1ccc(Cl)c(F)c13)-c1ccccc1C2. The number of carbonyl (C=O) groups excluding carboxylic acids is 2. The van der Waals surface area contributed by atoms with Crippen LogP contribution in [0.2, 0.25) is 5.02 Å². The van der Waals surface area contributed by atoms with Crippen molar-refractivity contribution >= 4 is 35.1 Å². The highest BCUT2D eigenvalue weighted by Gasteiger charge is 2.50. The number of anilines is 2. The number of halogens is 2. The molecule has 33 heavy (non-hydrogen) atoms. The predicted octanol–water partition coefficient (Wildman–Crippen LogP) is 3.52. The van der Waals surface area contributed by atoms with E-state index in [-0.39, 0.29) is 36.0 Å². The molecule has 3 aromatic rings. The lowest BCUT2D eigenvalue weighted by Crippen LogP contribution is -2.44. The summed E-state index contributed by atoms with van der Waals surface area (Å²) in [5.41, 5.74) is 9.40. The van der Waals surface area contributed by atoms with Crippen LogP contribution in [0.5, 0.6) is 0 Å². The summed E-state index contributed by atoms with van der Waals surface area (Å²) < 4.78 is 22.0. The summed E-state index contributed by atoms with van der Waals surface area (Å²) in [5.74, 6) is -0.443. The highest BCUT2D eigenvalue weighted by molar-refractivity contribution is 6.31.